The van der Waals surface area contributed by atoms with Crippen LogP contribution in [0.4, 0.5) is 0 Å². The molecular formula is C13H15NO5. The zero-order valence-electron chi connectivity index (χ0n) is 10.9. The lowest BCUT2D eigenvalue weighted by atomic mass is 10.0. The summed E-state index contributed by atoms with van der Waals surface area (Å²) in [6.07, 6.45) is 0. The average molecular weight is 265 g/mol. The van der Waals surface area contributed by atoms with Crippen LogP contribution in [0.1, 0.15) is 51.8 Å². The quantitative estimate of drug-likeness (QED) is 0.770. The lowest BCUT2D eigenvalue weighted by molar-refractivity contribution is 0.0696. The third-order valence-electron chi connectivity index (χ3n) is 2.18. The second kappa shape index (κ2) is 5.09. The molecule has 3 N–H and O–H groups in total. The Morgan fingerprint density at radius 1 is 0.895 bits per heavy atom. The fraction of sp³-hybridized carbons (Fsp3) is 0.308. The van der Waals surface area contributed by atoms with Crippen molar-refractivity contribution in [3.05, 3.63) is 34.9 Å². The highest BCUT2D eigenvalue weighted by molar-refractivity contribution is 6.01. The Kier molecular flexibility index (Phi) is 3.94. The summed E-state index contributed by atoms with van der Waals surface area (Å²) in [4.78, 5) is 33.7. The second-order valence-electron chi connectivity index (χ2n) is 5.11. The molecule has 1 aromatic carbocycles. The summed E-state index contributed by atoms with van der Waals surface area (Å²) >= 11 is 0. The number of benzene rings is 1. The summed E-state index contributed by atoms with van der Waals surface area (Å²) < 4.78 is 0. The first-order valence-corrected chi connectivity index (χ1v) is 5.54. The highest BCUT2D eigenvalue weighted by atomic mass is 16.4. The molecule has 0 saturated carbocycles. The van der Waals surface area contributed by atoms with Crippen LogP contribution in [0, 0.1) is 0 Å². The molecule has 0 fully saturated rings. The molecule has 1 amide bonds. The summed E-state index contributed by atoms with van der Waals surface area (Å²) in [5.41, 5.74) is -0.968. The van der Waals surface area contributed by atoms with Crippen molar-refractivity contribution in [1.29, 1.82) is 0 Å². The van der Waals surface area contributed by atoms with E-state index in [1.165, 1.54) is 0 Å². The van der Waals surface area contributed by atoms with Gasteiger partial charge in [-0.2, -0.15) is 0 Å². The average Bonchev–Trinajstić information content (AvgIpc) is 2.25. The lowest BCUT2D eigenvalue weighted by Gasteiger charge is -2.20. The van der Waals surface area contributed by atoms with E-state index in [9.17, 15) is 14.4 Å². The summed E-state index contributed by atoms with van der Waals surface area (Å²) in [6, 6.07) is 3.31. The van der Waals surface area contributed by atoms with E-state index in [1.807, 2.05) is 0 Å². The maximum Gasteiger partial charge on any atom is 0.335 e. The number of carboxylic acids is 2. The first-order valence-electron chi connectivity index (χ1n) is 5.54. The van der Waals surface area contributed by atoms with Crippen molar-refractivity contribution < 1.29 is 24.6 Å². The molecule has 6 heteroatoms. The minimum Gasteiger partial charge on any atom is -0.478 e. The van der Waals surface area contributed by atoms with Gasteiger partial charge in [0.25, 0.3) is 5.91 Å². The van der Waals surface area contributed by atoms with Gasteiger partial charge in [0.1, 0.15) is 0 Å². The minimum atomic E-state index is -1.28. The summed E-state index contributed by atoms with van der Waals surface area (Å²) in [7, 11) is 0. The van der Waals surface area contributed by atoms with Crippen LogP contribution in [0.3, 0.4) is 0 Å². The number of nitrogens with one attached hydrogen (secondary N) is 1. The van der Waals surface area contributed by atoms with E-state index >= 15 is 0 Å². The normalized spacial score (nSPS) is 10.9. The zero-order valence-corrected chi connectivity index (χ0v) is 10.9. The van der Waals surface area contributed by atoms with Crippen molar-refractivity contribution in [3.63, 3.8) is 0 Å². The van der Waals surface area contributed by atoms with Crippen molar-refractivity contribution in [2.75, 3.05) is 0 Å². The van der Waals surface area contributed by atoms with Crippen LogP contribution in [0.15, 0.2) is 18.2 Å². The number of amides is 1. The first kappa shape index (κ1) is 14.7. The molecular weight excluding hydrogens is 250 g/mol. The van der Waals surface area contributed by atoms with E-state index in [0.717, 1.165) is 18.2 Å². The molecule has 0 saturated heterocycles. The SMILES string of the molecule is CC(C)(C)NC(=O)c1cc(C(=O)O)cc(C(=O)O)c1. The molecule has 0 aliphatic rings. The van der Waals surface area contributed by atoms with E-state index in [4.69, 9.17) is 10.2 Å². The number of rotatable bonds is 3. The fourth-order valence-corrected chi connectivity index (χ4v) is 1.42. The smallest absolute Gasteiger partial charge is 0.335 e. The third kappa shape index (κ3) is 4.09. The van der Waals surface area contributed by atoms with E-state index < -0.39 is 23.4 Å². The molecule has 0 bridgehead atoms. The van der Waals surface area contributed by atoms with Crippen molar-refractivity contribution in [2.24, 2.45) is 0 Å². The van der Waals surface area contributed by atoms with E-state index in [-0.39, 0.29) is 16.7 Å². The largest absolute Gasteiger partial charge is 0.478 e. The maximum atomic E-state index is 11.9. The van der Waals surface area contributed by atoms with Crippen LogP contribution in [-0.2, 0) is 0 Å². The number of aromatic carboxylic acids is 2. The molecule has 0 aromatic heterocycles. The molecule has 0 aliphatic carbocycles. The van der Waals surface area contributed by atoms with Crippen molar-refractivity contribution >= 4 is 17.8 Å². The topological polar surface area (TPSA) is 104 Å². The molecule has 0 spiro atoms. The van der Waals surface area contributed by atoms with Crippen molar-refractivity contribution in [3.8, 4) is 0 Å². The molecule has 1 rings (SSSR count). The Hall–Kier alpha value is -2.37. The Labute approximate surface area is 110 Å². The Morgan fingerprint density at radius 3 is 1.58 bits per heavy atom. The van der Waals surface area contributed by atoms with Gasteiger partial charge in [0, 0.05) is 11.1 Å². The van der Waals surface area contributed by atoms with Crippen LogP contribution in [0.25, 0.3) is 0 Å². The molecule has 6 nitrogen and oxygen atoms in total. The molecule has 0 aliphatic heterocycles. The number of hydrogen-bond acceptors (Lipinski definition) is 3. The van der Waals surface area contributed by atoms with Gasteiger partial charge in [0.15, 0.2) is 0 Å². The van der Waals surface area contributed by atoms with E-state index in [0.29, 0.717) is 0 Å². The Bertz CT molecular complexity index is 510. The van der Waals surface area contributed by atoms with Crippen LogP contribution in [0.2, 0.25) is 0 Å². The summed E-state index contributed by atoms with van der Waals surface area (Å²) in [5, 5.41) is 20.5. The van der Waals surface area contributed by atoms with Crippen LogP contribution < -0.4 is 5.32 Å². The monoisotopic (exact) mass is 265 g/mol. The van der Waals surface area contributed by atoms with Crippen LogP contribution in [0.5, 0.6) is 0 Å². The van der Waals surface area contributed by atoms with Gasteiger partial charge in [-0.3, -0.25) is 4.79 Å². The van der Waals surface area contributed by atoms with E-state index in [2.05, 4.69) is 5.32 Å². The summed E-state index contributed by atoms with van der Waals surface area (Å²) in [5.74, 6) is -3.08. The first-order chi connectivity index (χ1) is 8.60. The standard InChI is InChI=1S/C13H15NO5/c1-13(2,3)14-10(15)7-4-8(11(16)17)6-9(5-7)12(18)19/h4-6H,1-3H3,(H,14,15)(H,16,17)(H,18,19). The summed E-state index contributed by atoms with van der Waals surface area (Å²) in [6.45, 7) is 5.30. The van der Waals surface area contributed by atoms with Gasteiger partial charge in [0.2, 0.25) is 0 Å². The van der Waals surface area contributed by atoms with Gasteiger partial charge in [0.05, 0.1) is 11.1 Å². The lowest BCUT2D eigenvalue weighted by Crippen LogP contribution is -2.40. The van der Waals surface area contributed by atoms with Gasteiger partial charge >= 0.3 is 11.9 Å². The number of carboxylic acid groups (broad SMARTS) is 2. The third-order valence-corrected chi connectivity index (χ3v) is 2.18. The zero-order chi connectivity index (χ0) is 14.8. The predicted molar refractivity (Wildman–Crippen MR) is 67.6 cm³/mol. The predicted octanol–water partition coefficient (Wildman–Crippen LogP) is 1.61. The molecule has 102 valence electrons. The molecule has 19 heavy (non-hydrogen) atoms. The van der Waals surface area contributed by atoms with Crippen LogP contribution in [-0.4, -0.2) is 33.6 Å². The van der Waals surface area contributed by atoms with Gasteiger partial charge < -0.3 is 15.5 Å². The second-order valence-corrected chi connectivity index (χ2v) is 5.11. The van der Waals surface area contributed by atoms with Crippen molar-refractivity contribution in [1.82, 2.24) is 5.32 Å². The molecule has 0 heterocycles. The van der Waals surface area contributed by atoms with Crippen molar-refractivity contribution in [2.45, 2.75) is 26.3 Å². The fourth-order valence-electron chi connectivity index (χ4n) is 1.42. The number of carbonyl (C=O) groups excluding carboxylic acids is 1. The molecule has 0 atom stereocenters. The molecule has 0 radical (unpaired) electrons. The number of hydrogen-bond donors (Lipinski definition) is 3. The number of carbonyl (C=O) groups is 3. The Morgan fingerprint density at radius 2 is 1.26 bits per heavy atom. The van der Waals surface area contributed by atoms with Gasteiger partial charge in [-0.15, -0.1) is 0 Å². The highest BCUT2D eigenvalue weighted by Gasteiger charge is 2.19. The van der Waals surface area contributed by atoms with Gasteiger partial charge in [-0.05, 0) is 39.0 Å². The molecule has 0 unspecified atom stereocenters. The maximum absolute atomic E-state index is 11.9. The Balaban J connectivity index is 3.23. The van der Waals surface area contributed by atoms with Gasteiger partial charge in [-0.25, -0.2) is 9.59 Å². The highest BCUT2D eigenvalue weighted by Crippen LogP contribution is 2.12. The van der Waals surface area contributed by atoms with Crippen LogP contribution >= 0.6 is 0 Å². The van der Waals surface area contributed by atoms with Gasteiger partial charge in [-0.1, -0.05) is 0 Å². The minimum absolute atomic E-state index is 0.00669. The van der Waals surface area contributed by atoms with E-state index in [1.54, 1.807) is 20.8 Å². The molecule has 1 aromatic rings.